The van der Waals surface area contributed by atoms with Crippen molar-refractivity contribution >= 4 is 44.6 Å². The van der Waals surface area contributed by atoms with E-state index in [9.17, 15) is 13.2 Å². The number of benzene rings is 1. The van der Waals surface area contributed by atoms with Crippen LogP contribution in [0.25, 0.3) is 0 Å². The lowest BCUT2D eigenvalue weighted by Gasteiger charge is -2.27. The molecule has 1 aromatic rings. The molecule has 1 N–H and O–H groups in total. The molecule has 1 fully saturated rings. The molecule has 5 nitrogen and oxygen atoms in total. The number of amides is 1. The van der Waals surface area contributed by atoms with Crippen LogP contribution >= 0.6 is 23.2 Å². The summed E-state index contributed by atoms with van der Waals surface area (Å²) >= 11 is 11.8. The van der Waals surface area contributed by atoms with Crippen molar-refractivity contribution in [2.75, 3.05) is 29.9 Å². The molecule has 0 radical (unpaired) electrons. The zero-order chi connectivity index (χ0) is 17.0. The van der Waals surface area contributed by atoms with Crippen molar-refractivity contribution in [2.45, 2.75) is 25.8 Å². The molecular formula is C15H20Cl2N2O3S. The number of hydrogen-bond donors (Lipinski definition) is 1. The number of halogens is 2. The van der Waals surface area contributed by atoms with Crippen LogP contribution in [0.1, 0.15) is 19.8 Å². The van der Waals surface area contributed by atoms with Crippen LogP contribution in [0.15, 0.2) is 18.2 Å². The summed E-state index contributed by atoms with van der Waals surface area (Å²) in [6.07, 6.45) is 0.826. The van der Waals surface area contributed by atoms with Gasteiger partial charge in [-0.05, 0) is 31.5 Å². The molecule has 1 amide bonds. The Bertz CT molecular complexity index is 679. The molecule has 8 heteroatoms. The molecule has 23 heavy (non-hydrogen) atoms. The third-order valence-corrected chi connectivity index (χ3v) is 6.39. The zero-order valence-electron chi connectivity index (χ0n) is 12.9. The molecule has 1 unspecified atom stereocenters. The van der Waals surface area contributed by atoms with E-state index in [-0.39, 0.29) is 23.5 Å². The van der Waals surface area contributed by atoms with E-state index in [1.165, 1.54) is 0 Å². The maximum Gasteiger partial charge on any atom is 0.224 e. The van der Waals surface area contributed by atoms with Crippen molar-refractivity contribution in [2.24, 2.45) is 0 Å². The van der Waals surface area contributed by atoms with Gasteiger partial charge >= 0.3 is 0 Å². The van der Waals surface area contributed by atoms with Crippen LogP contribution in [-0.4, -0.2) is 49.9 Å². The molecule has 1 atom stereocenters. The normalized spacial score (nSPS) is 19.5. The van der Waals surface area contributed by atoms with Crippen molar-refractivity contribution < 1.29 is 13.2 Å². The number of hydrogen-bond acceptors (Lipinski definition) is 4. The average Bonchev–Trinajstić information content (AvgIpc) is 2.83. The van der Waals surface area contributed by atoms with E-state index in [1.54, 1.807) is 23.1 Å². The number of nitrogens with zero attached hydrogens (tertiary/aromatic N) is 1. The Labute approximate surface area is 146 Å². The highest BCUT2D eigenvalue weighted by Crippen LogP contribution is 2.25. The molecule has 1 saturated heterocycles. The Hall–Kier alpha value is -0.980. The quantitative estimate of drug-likeness (QED) is 0.826. The summed E-state index contributed by atoms with van der Waals surface area (Å²) in [6, 6.07) is 4.99. The van der Waals surface area contributed by atoms with E-state index in [0.29, 0.717) is 36.0 Å². The molecule has 0 aromatic heterocycles. The lowest BCUT2D eigenvalue weighted by molar-refractivity contribution is -0.132. The van der Waals surface area contributed by atoms with Gasteiger partial charge in [0.1, 0.15) is 0 Å². The molecule has 2 rings (SSSR count). The molecule has 0 bridgehead atoms. The first-order chi connectivity index (χ1) is 10.8. The Morgan fingerprint density at radius 3 is 2.65 bits per heavy atom. The van der Waals surface area contributed by atoms with Crippen LogP contribution < -0.4 is 5.32 Å². The first-order valence-corrected chi connectivity index (χ1v) is 10.1. The molecule has 1 aliphatic rings. The van der Waals surface area contributed by atoms with Gasteiger partial charge < -0.3 is 10.2 Å². The number of sulfone groups is 1. The number of carbonyl (C=O) groups excluding carboxylic acids is 1. The second-order valence-electron chi connectivity index (χ2n) is 5.54. The standard InChI is InChI=1S/C15H20Cl2N2O3S/c1-2-19(12-6-8-23(21,22)10-12)15(20)5-7-18-11-3-4-13(16)14(17)9-11/h3-4,9,12,18H,2,5-8,10H2,1H3. The van der Waals surface area contributed by atoms with E-state index in [0.717, 1.165) is 5.69 Å². The fourth-order valence-corrected chi connectivity index (χ4v) is 4.75. The molecule has 0 aliphatic carbocycles. The monoisotopic (exact) mass is 378 g/mol. The predicted octanol–water partition coefficient (Wildman–Crippen LogP) is 2.83. The molecule has 1 aliphatic heterocycles. The fraction of sp³-hybridized carbons (Fsp3) is 0.533. The summed E-state index contributed by atoms with van der Waals surface area (Å²) in [7, 11) is -2.99. The van der Waals surface area contributed by atoms with Gasteiger partial charge in [0.25, 0.3) is 0 Å². The summed E-state index contributed by atoms with van der Waals surface area (Å²) < 4.78 is 23.1. The predicted molar refractivity (Wildman–Crippen MR) is 94.0 cm³/mol. The first kappa shape index (κ1) is 18.4. The second-order valence-corrected chi connectivity index (χ2v) is 8.59. The number of anilines is 1. The third kappa shape index (κ3) is 4.99. The summed E-state index contributed by atoms with van der Waals surface area (Å²) in [5.41, 5.74) is 0.790. The van der Waals surface area contributed by atoms with E-state index in [2.05, 4.69) is 5.32 Å². The van der Waals surface area contributed by atoms with E-state index in [4.69, 9.17) is 23.2 Å². The van der Waals surface area contributed by atoms with Crippen molar-refractivity contribution in [3.63, 3.8) is 0 Å². The van der Waals surface area contributed by atoms with Gasteiger partial charge in [0.05, 0.1) is 21.6 Å². The highest BCUT2D eigenvalue weighted by Gasteiger charge is 2.33. The average molecular weight is 379 g/mol. The van der Waals surface area contributed by atoms with Gasteiger partial charge in [-0.2, -0.15) is 0 Å². The lowest BCUT2D eigenvalue weighted by Crippen LogP contribution is -2.41. The molecule has 128 valence electrons. The van der Waals surface area contributed by atoms with Crippen molar-refractivity contribution in [1.82, 2.24) is 4.90 Å². The smallest absolute Gasteiger partial charge is 0.224 e. The molecule has 0 saturated carbocycles. The Balaban J connectivity index is 1.86. The van der Waals surface area contributed by atoms with Crippen LogP contribution in [-0.2, 0) is 14.6 Å². The highest BCUT2D eigenvalue weighted by molar-refractivity contribution is 7.91. The molecule has 0 spiro atoms. The highest BCUT2D eigenvalue weighted by atomic mass is 35.5. The van der Waals surface area contributed by atoms with E-state index in [1.807, 2.05) is 6.92 Å². The van der Waals surface area contributed by atoms with Gasteiger partial charge in [0, 0.05) is 31.2 Å². The maximum absolute atomic E-state index is 12.3. The van der Waals surface area contributed by atoms with Gasteiger partial charge in [-0.1, -0.05) is 23.2 Å². The number of carbonyl (C=O) groups is 1. The molecular weight excluding hydrogens is 359 g/mol. The zero-order valence-corrected chi connectivity index (χ0v) is 15.2. The van der Waals surface area contributed by atoms with Gasteiger partial charge in [-0.3, -0.25) is 4.79 Å². The lowest BCUT2D eigenvalue weighted by atomic mass is 10.2. The minimum atomic E-state index is -2.99. The van der Waals surface area contributed by atoms with Crippen LogP contribution in [0.3, 0.4) is 0 Å². The maximum atomic E-state index is 12.3. The largest absolute Gasteiger partial charge is 0.384 e. The van der Waals surface area contributed by atoms with Crippen molar-refractivity contribution in [3.05, 3.63) is 28.2 Å². The summed E-state index contributed by atoms with van der Waals surface area (Å²) in [5, 5.41) is 4.05. The number of nitrogens with one attached hydrogen (secondary N) is 1. The van der Waals surface area contributed by atoms with Crippen LogP contribution in [0.4, 0.5) is 5.69 Å². The van der Waals surface area contributed by atoms with E-state index >= 15 is 0 Å². The summed E-state index contributed by atoms with van der Waals surface area (Å²) in [4.78, 5) is 14.0. The Kier molecular flexibility index (Phi) is 6.17. The minimum Gasteiger partial charge on any atom is -0.384 e. The van der Waals surface area contributed by atoms with E-state index < -0.39 is 9.84 Å². The number of rotatable bonds is 6. The molecule has 1 heterocycles. The molecule has 1 aromatic carbocycles. The van der Waals surface area contributed by atoms with Crippen LogP contribution in [0.2, 0.25) is 10.0 Å². The second kappa shape index (κ2) is 7.73. The van der Waals surface area contributed by atoms with Gasteiger partial charge in [0.15, 0.2) is 9.84 Å². The minimum absolute atomic E-state index is 0.0397. The third-order valence-electron chi connectivity index (χ3n) is 3.90. The summed E-state index contributed by atoms with van der Waals surface area (Å²) in [5.74, 6) is 0.206. The van der Waals surface area contributed by atoms with Gasteiger partial charge in [0.2, 0.25) is 5.91 Å². The fourth-order valence-electron chi connectivity index (χ4n) is 2.72. The Morgan fingerprint density at radius 2 is 2.09 bits per heavy atom. The van der Waals surface area contributed by atoms with Gasteiger partial charge in [-0.25, -0.2) is 8.42 Å². The first-order valence-electron chi connectivity index (χ1n) is 7.51. The Morgan fingerprint density at radius 1 is 1.35 bits per heavy atom. The topological polar surface area (TPSA) is 66.5 Å². The SMILES string of the molecule is CCN(C(=O)CCNc1ccc(Cl)c(Cl)c1)C1CCS(=O)(=O)C1. The van der Waals surface area contributed by atoms with Crippen LogP contribution in [0.5, 0.6) is 0 Å². The van der Waals surface area contributed by atoms with Gasteiger partial charge in [-0.15, -0.1) is 0 Å². The van der Waals surface area contributed by atoms with Crippen molar-refractivity contribution in [1.29, 1.82) is 0 Å². The van der Waals surface area contributed by atoms with Crippen molar-refractivity contribution in [3.8, 4) is 0 Å². The van der Waals surface area contributed by atoms with Crippen LogP contribution in [0, 0.1) is 0 Å². The summed E-state index contributed by atoms with van der Waals surface area (Å²) in [6.45, 7) is 2.84.